The van der Waals surface area contributed by atoms with E-state index in [9.17, 15) is 9.90 Å². The van der Waals surface area contributed by atoms with Crippen LogP contribution in [-0.2, 0) is 11.3 Å². The van der Waals surface area contributed by atoms with Gasteiger partial charge >= 0.3 is 5.97 Å². The Morgan fingerprint density at radius 3 is 2.67 bits per heavy atom. The van der Waals surface area contributed by atoms with E-state index in [1.807, 2.05) is 25.2 Å². The Labute approximate surface area is 126 Å². The van der Waals surface area contributed by atoms with Crippen molar-refractivity contribution in [1.82, 2.24) is 4.90 Å². The highest BCUT2D eigenvalue weighted by molar-refractivity contribution is 5.68. The zero-order valence-electron chi connectivity index (χ0n) is 13.0. The average molecular weight is 291 g/mol. The molecule has 0 unspecified atom stereocenters. The molecule has 0 bridgehead atoms. The second-order valence-electron chi connectivity index (χ2n) is 6.06. The standard InChI is InChI=1S/C17H25NO3/c1-18(13-14-7-6-8-15(11-14)21-2)17(12-16(19)20)9-4-3-5-10-17/h6-8,11H,3-5,9-10,12-13H2,1-2H3,(H,19,20). The third kappa shape index (κ3) is 3.97. The van der Waals surface area contributed by atoms with Gasteiger partial charge in [0.25, 0.3) is 0 Å². The molecule has 2 rings (SSSR count). The summed E-state index contributed by atoms with van der Waals surface area (Å²) in [5.41, 5.74) is 0.958. The minimum Gasteiger partial charge on any atom is -0.497 e. The molecule has 0 atom stereocenters. The Bertz CT molecular complexity index is 481. The van der Waals surface area contributed by atoms with E-state index in [2.05, 4.69) is 11.0 Å². The summed E-state index contributed by atoms with van der Waals surface area (Å²) in [6, 6.07) is 7.99. The predicted molar refractivity (Wildman–Crippen MR) is 82.5 cm³/mol. The summed E-state index contributed by atoms with van der Waals surface area (Å²) >= 11 is 0. The number of methoxy groups -OCH3 is 1. The monoisotopic (exact) mass is 291 g/mol. The third-order valence-corrected chi connectivity index (χ3v) is 4.63. The number of carbonyl (C=O) groups is 1. The highest BCUT2D eigenvalue weighted by atomic mass is 16.5. The van der Waals surface area contributed by atoms with Gasteiger partial charge in [-0.25, -0.2) is 0 Å². The van der Waals surface area contributed by atoms with Gasteiger partial charge in [-0.3, -0.25) is 9.69 Å². The molecule has 1 aliphatic carbocycles. The Morgan fingerprint density at radius 1 is 1.33 bits per heavy atom. The molecule has 116 valence electrons. The van der Waals surface area contributed by atoms with Crippen LogP contribution in [0.15, 0.2) is 24.3 Å². The van der Waals surface area contributed by atoms with E-state index >= 15 is 0 Å². The number of benzene rings is 1. The smallest absolute Gasteiger partial charge is 0.305 e. The van der Waals surface area contributed by atoms with Crippen LogP contribution in [0.25, 0.3) is 0 Å². The zero-order chi connectivity index (χ0) is 15.3. The maximum absolute atomic E-state index is 11.3. The van der Waals surface area contributed by atoms with Gasteiger partial charge in [0.15, 0.2) is 0 Å². The normalized spacial score (nSPS) is 17.7. The first-order valence-electron chi connectivity index (χ1n) is 7.62. The minimum atomic E-state index is -0.700. The van der Waals surface area contributed by atoms with Crippen LogP contribution in [0.4, 0.5) is 0 Å². The van der Waals surface area contributed by atoms with Gasteiger partial charge in [0.2, 0.25) is 0 Å². The highest BCUT2D eigenvalue weighted by Gasteiger charge is 2.37. The SMILES string of the molecule is COc1cccc(CN(C)C2(CC(=O)O)CCCCC2)c1. The van der Waals surface area contributed by atoms with Gasteiger partial charge in [-0.15, -0.1) is 0 Å². The topological polar surface area (TPSA) is 49.8 Å². The van der Waals surface area contributed by atoms with Gasteiger partial charge in [-0.1, -0.05) is 31.4 Å². The zero-order valence-corrected chi connectivity index (χ0v) is 13.0. The summed E-state index contributed by atoms with van der Waals surface area (Å²) in [6.07, 6.45) is 5.63. The van der Waals surface area contributed by atoms with Crippen LogP contribution in [0, 0.1) is 0 Å². The summed E-state index contributed by atoms with van der Waals surface area (Å²) in [4.78, 5) is 13.5. The number of hydrogen-bond donors (Lipinski definition) is 1. The quantitative estimate of drug-likeness (QED) is 0.873. The number of carboxylic acids is 1. The first kappa shape index (κ1) is 15.8. The van der Waals surface area contributed by atoms with Gasteiger partial charge in [-0.2, -0.15) is 0 Å². The second-order valence-corrected chi connectivity index (χ2v) is 6.06. The Hall–Kier alpha value is -1.55. The van der Waals surface area contributed by atoms with E-state index in [-0.39, 0.29) is 12.0 Å². The van der Waals surface area contributed by atoms with Crippen molar-refractivity contribution in [2.75, 3.05) is 14.2 Å². The van der Waals surface area contributed by atoms with Crippen LogP contribution in [0.2, 0.25) is 0 Å². The second kappa shape index (κ2) is 6.94. The fraction of sp³-hybridized carbons (Fsp3) is 0.588. The van der Waals surface area contributed by atoms with E-state index in [1.54, 1.807) is 7.11 Å². The highest BCUT2D eigenvalue weighted by Crippen LogP contribution is 2.36. The maximum Gasteiger partial charge on any atom is 0.305 e. The van der Waals surface area contributed by atoms with Gasteiger partial charge in [0.05, 0.1) is 13.5 Å². The van der Waals surface area contributed by atoms with Crippen LogP contribution in [0.3, 0.4) is 0 Å². The first-order chi connectivity index (χ1) is 10.1. The molecule has 0 saturated heterocycles. The summed E-state index contributed by atoms with van der Waals surface area (Å²) in [6.45, 7) is 0.754. The number of rotatable bonds is 6. The van der Waals surface area contributed by atoms with E-state index in [0.717, 1.165) is 43.5 Å². The maximum atomic E-state index is 11.3. The Morgan fingerprint density at radius 2 is 2.05 bits per heavy atom. The fourth-order valence-corrected chi connectivity index (χ4v) is 3.40. The van der Waals surface area contributed by atoms with Crippen LogP contribution < -0.4 is 4.74 Å². The number of aliphatic carboxylic acids is 1. The number of carboxylic acid groups (broad SMARTS) is 1. The molecule has 21 heavy (non-hydrogen) atoms. The predicted octanol–water partition coefficient (Wildman–Crippen LogP) is 3.30. The lowest BCUT2D eigenvalue weighted by molar-refractivity contribution is -0.141. The van der Waals surface area contributed by atoms with Gasteiger partial charge in [0, 0.05) is 12.1 Å². The molecule has 0 spiro atoms. The molecule has 0 aromatic heterocycles. The van der Waals surface area contributed by atoms with Gasteiger partial charge in [0.1, 0.15) is 5.75 Å². The Balaban J connectivity index is 2.13. The van der Waals surface area contributed by atoms with Crippen LogP contribution in [0.5, 0.6) is 5.75 Å². The van der Waals surface area contributed by atoms with Crippen molar-refractivity contribution in [1.29, 1.82) is 0 Å². The molecule has 4 nitrogen and oxygen atoms in total. The van der Waals surface area contributed by atoms with Crippen molar-refractivity contribution in [3.63, 3.8) is 0 Å². The summed E-state index contributed by atoms with van der Waals surface area (Å²) in [5, 5.41) is 9.28. The van der Waals surface area contributed by atoms with E-state index in [4.69, 9.17) is 4.74 Å². The lowest BCUT2D eigenvalue weighted by Gasteiger charge is -2.44. The van der Waals surface area contributed by atoms with Crippen LogP contribution >= 0.6 is 0 Å². The number of hydrogen-bond acceptors (Lipinski definition) is 3. The molecule has 1 fully saturated rings. The molecule has 0 radical (unpaired) electrons. The van der Waals surface area contributed by atoms with Crippen LogP contribution in [0.1, 0.15) is 44.1 Å². The first-order valence-corrected chi connectivity index (χ1v) is 7.62. The molecule has 1 aliphatic rings. The molecular weight excluding hydrogens is 266 g/mol. The van der Waals surface area contributed by atoms with Crippen molar-refractivity contribution in [2.45, 2.75) is 50.6 Å². The van der Waals surface area contributed by atoms with Gasteiger partial charge < -0.3 is 9.84 Å². The molecule has 1 aromatic carbocycles. The Kier molecular flexibility index (Phi) is 5.23. The number of ether oxygens (including phenoxy) is 1. The van der Waals surface area contributed by atoms with Crippen molar-refractivity contribution < 1.29 is 14.6 Å². The molecule has 1 N–H and O–H groups in total. The average Bonchev–Trinajstić information content (AvgIpc) is 2.47. The largest absolute Gasteiger partial charge is 0.497 e. The van der Waals surface area contributed by atoms with Crippen molar-refractivity contribution >= 4 is 5.97 Å². The molecule has 4 heteroatoms. The molecular formula is C17H25NO3. The summed E-state index contributed by atoms with van der Waals surface area (Å²) < 4.78 is 5.26. The van der Waals surface area contributed by atoms with Crippen molar-refractivity contribution in [3.8, 4) is 5.75 Å². The fourth-order valence-electron chi connectivity index (χ4n) is 3.40. The molecule has 1 aromatic rings. The van der Waals surface area contributed by atoms with E-state index in [0.29, 0.717) is 0 Å². The molecule has 1 saturated carbocycles. The van der Waals surface area contributed by atoms with Crippen molar-refractivity contribution in [2.24, 2.45) is 0 Å². The number of nitrogens with zero attached hydrogens (tertiary/aromatic N) is 1. The lowest BCUT2D eigenvalue weighted by Crippen LogP contribution is -2.49. The molecule has 0 heterocycles. The van der Waals surface area contributed by atoms with Crippen LogP contribution in [-0.4, -0.2) is 35.7 Å². The summed E-state index contributed by atoms with van der Waals surface area (Å²) in [7, 11) is 3.71. The lowest BCUT2D eigenvalue weighted by atomic mass is 9.78. The van der Waals surface area contributed by atoms with Gasteiger partial charge in [-0.05, 0) is 37.6 Å². The van der Waals surface area contributed by atoms with E-state index < -0.39 is 5.97 Å². The van der Waals surface area contributed by atoms with E-state index in [1.165, 1.54) is 6.42 Å². The molecule has 0 aliphatic heterocycles. The third-order valence-electron chi connectivity index (χ3n) is 4.63. The van der Waals surface area contributed by atoms with Crippen molar-refractivity contribution in [3.05, 3.63) is 29.8 Å². The molecule has 0 amide bonds. The minimum absolute atomic E-state index is 0.201. The summed E-state index contributed by atoms with van der Waals surface area (Å²) in [5.74, 6) is 0.145.